The Bertz CT molecular complexity index is 193. The molecule has 1 amide bonds. The maximum absolute atomic E-state index is 10.6. The third-order valence-electron chi connectivity index (χ3n) is 1.69. The van der Waals surface area contributed by atoms with Crippen molar-refractivity contribution in [1.29, 1.82) is 5.26 Å². The second kappa shape index (κ2) is 3.24. The molecule has 0 radical (unpaired) electrons. The Morgan fingerprint density at radius 2 is 2.45 bits per heavy atom. The van der Waals surface area contributed by atoms with E-state index in [-0.39, 0.29) is 6.04 Å². The van der Waals surface area contributed by atoms with Gasteiger partial charge < -0.3 is 10.1 Å². The van der Waals surface area contributed by atoms with E-state index < -0.39 is 6.09 Å². The molecule has 0 aromatic heterocycles. The number of alkyl carbamates (subject to hydrolysis) is 1. The third-order valence-corrected chi connectivity index (χ3v) is 1.69. The van der Waals surface area contributed by atoms with Gasteiger partial charge in [0.05, 0.1) is 13.2 Å². The molecule has 4 heteroatoms. The van der Waals surface area contributed by atoms with Crippen molar-refractivity contribution in [2.75, 3.05) is 7.11 Å². The van der Waals surface area contributed by atoms with Crippen molar-refractivity contribution < 1.29 is 9.53 Å². The normalized spacial score (nSPS) is 18.2. The number of nitriles is 1. The van der Waals surface area contributed by atoms with Gasteiger partial charge in [-0.05, 0) is 18.8 Å². The predicted octanol–water partition coefficient (Wildman–Crippen LogP) is 0.645. The van der Waals surface area contributed by atoms with Gasteiger partial charge in [0.1, 0.15) is 6.04 Å². The number of ether oxygens (including phenoxy) is 1. The molecule has 0 heterocycles. The van der Waals surface area contributed by atoms with E-state index in [0.29, 0.717) is 5.92 Å². The number of hydrogen-bond acceptors (Lipinski definition) is 3. The molecule has 0 aromatic carbocycles. The second-order valence-electron chi connectivity index (χ2n) is 2.58. The second-order valence-corrected chi connectivity index (χ2v) is 2.58. The fraction of sp³-hybridized carbons (Fsp3) is 0.714. The molecule has 1 aliphatic carbocycles. The van der Waals surface area contributed by atoms with Crippen LogP contribution in [0.1, 0.15) is 12.8 Å². The van der Waals surface area contributed by atoms with Crippen LogP contribution < -0.4 is 5.32 Å². The first-order valence-corrected chi connectivity index (χ1v) is 3.52. The first-order chi connectivity index (χ1) is 5.27. The van der Waals surface area contributed by atoms with Crippen LogP contribution in [0.5, 0.6) is 0 Å². The minimum atomic E-state index is -0.525. The molecular formula is C7H10N2O2. The molecule has 1 aliphatic rings. The monoisotopic (exact) mass is 154 g/mol. The van der Waals surface area contributed by atoms with Crippen LogP contribution in [0.4, 0.5) is 4.79 Å². The number of nitrogens with one attached hydrogen (secondary N) is 1. The van der Waals surface area contributed by atoms with Crippen molar-refractivity contribution in [2.24, 2.45) is 5.92 Å². The minimum absolute atomic E-state index is 0.346. The summed E-state index contributed by atoms with van der Waals surface area (Å²) in [6.45, 7) is 0. The molecule has 1 saturated carbocycles. The van der Waals surface area contributed by atoms with E-state index in [1.165, 1.54) is 7.11 Å². The number of carbonyl (C=O) groups is 1. The highest BCUT2D eigenvalue weighted by Crippen LogP contribution is 2.32. The fourth-order valence-electron chi connectivity index (χ4n) is 0.871. The van der Waals surface area contributed by atoms with Gasteiger partial charge in [-0.25, -0.2) is 4.79 Å². The molecule has 0 aromatic rings. The third kappa shape index (κ3) is 2.11. The fourth-order valence-corrected chi connectivity index (χ4v) is 0.871. The van der Waals surface area contributed by atoms with Gasteiger partial charge in [0.2, 0.25) is 0 Å². The molecule has 0 spiro atoms. The summed E-state index contributed by atoms with van der Waals surface area (Å²) in [6.07, 6.45) is 1.54. The largest absolute Gasteiger partial charge is 0.453 e. The molecule has 1 N–H and O–H groups in total. The lowest BCUT2D eigenvalue weighted by Crippen LogP contribution is -2.35. The standard InChI is InChI=1S/C7H10N2O2/c1-11-7(10)9-6(4-8)5-2-3-5/h5-6H,2-3H2,1H3,(H,9,10). The average Bonchev–Trinajstić information content (AvgIpc) is 2.82. The summed E-state index contributed by atoms with van der Waals surface area (Å²) in [4.78, 5) is 10.6. The smallest absolute Gasteiger partial charge is 0.407 e. The van der Waals surface area contributed by atoms with Crippen molar-refractivity contribution in [2.45, 2.75) is 18.9 Å². The Labute approximate surface area is 65.1 Å². The Kier molecular flexibility index (Phi) is 2.32. The number of rotatable bonds is 2. The van der Waals surface area contributed by atoms with E-state index in [0.717, 1.165) is 12.8 Å². The van der Waals surface area contributed by atoms with E-state index in [4.69, 9.17) is 5.26 Å². The lowest BCUT2D eigenvalue weighted by Gasteiger charge is -2.07. The molecule has 0 aliphatic heterocycles. The molecule has 1 rings (SSSR count). The number of amides is 1. The number of hydrogen-bond donors (Lipinski definition) is 1. The Balaban J connectivity index is 2.32. The summed E-state index contributed by atoms with van der Waals surface area (Å²) in [5.41, 5.74) is 0. The van der Waals surface area contributed by atoms with Crippen LogP contribution in [0, 0.1) is 17.2 Å². The van der Waals surface area contributed by atoms with Crippen LogP contribution in [0.25, 0.3) is 0 Å². The van der Waals surface area contributed by atoms with Crippen LogP contribution in [-0.2, 0) is 4.74 Å². The van der Waals surface area contributed by atoms with Crippen molar-refractivity contribution >= 4 is 6.09 Å². The maximum Gasteiger partial charge on any atom is 0.407 e. The lowest BCUT2D eigenvalue weighted by atomic mass is 10.2. The molecule has 1 unspecified atom stereocenters. The molecule has 4 nitrogen and oxygen atoms in total. The minimum Gasteiger partial charge on any atom is -0.453 e. The summed E-state index contributed by atoms with van der Waals surface area (Å²) >= 11 is 0. The molecule has 1 fully saturated rings. The van der Waals surface area contributed by atoms with Gasteiger partial charge in [-0.15, -0.1) is 0 Å². The Hall–Kier alpha value is -1.24. The van der Waals surface area contributed by atoms with Crippen LogP contribution >= 0.6 is 0 Å². The van der Waals surface area contributed by atoms with Crippen molar-refractivity contribution in [1.82, 2.24) is 5.32 Å². The topological polar surface area (TPSA) is 62.1 Å². The van der Waals surface area contributed by atoms with Gasteiger partial charge >= 0.3 is 6.09 Å². The summed E-state index contributed by atoms with van der Waals surface area (Å²) in [6, 6.07) is 1.66. The van der Waals surface area contributed by atoms with Crippen molar-refractivity contribution in [3.63, 3.8) is 0 Å². The highest BCUT2D eigenvalue weighted by Gasteiger charge is 2.32. The average molecular weight is 154 g/mol. The predicted molar refractivity (Wildman–Crippen MR) is 37.7 cm³/mol. The van der Waals surface area contributed by atoms with E-state index >= 15 is 0 Å². The number of carbonyl (C=O) groups excluding carboxylic acids is 1. The Morgan fingerprint density at radius 1 is 1.82 bits per heavy atom. The number of methoxy groups -OCH3 is 1. The van der Waals surface area contributed by atoms with Crippen molar-refractivity contribution in [3.8, 4) is 6.07 Å². The molecule has 1 atom stereocenters. The van der Waals surface area contributed by atoms with E-state index in [9.17, 15) is 4.79 Å². The quantitative estimate of drug-likeness (QED) is 0.635. The van der Waals surface area contributed by atoms with Gasteiger partial charge in [-0.2, -0.15) is 5.26 Å². The Morgan fingerprint density at radius 3 is 2.82 bits per heavy atom. The number of nitrogens with zero attached hydrogens (tertiary/aromatic N) is 1. The van der Waals surface area contributed by atoms with Gasteiger partial charge in [-0.1, -0.05) is 0 Å². The van der Waals surface area contributed by atoms with Gasteiger partial charge in [-0.3, -0.25) is 0 Å². The van der Waals surface area contributed by atoms with Crippen LogP contribution in [0.2, 0.25) is 0 Å². The summed E-state index contributed by atoms with van der Waals surface area (Å²) in [5.74, 6) is 0.346. The molecule has 0 saturated heterocycles. The first-order valence-electron chi connectivity index (χ1n) is 3.52. The van der Waals surface area contributed by atoms with Crippen molar-refractivity contribution in [3.05, 3.63) is 0 Å². The summed E-state index contributed by atoms with van der Waals surface area (Å²) in [5, 5.41) is 11.0. The van der Waals surface area contributed by atoms with Crippen LogP contribution in [-0.4, -0.2) is 19.2 Å². The summed E-state index contributed by atoms with van der Waals surface area (Å²) < 4.78 is 4.36. The first kappa shape index (κ1) is 7.86. The van der Waals surface area contributed by atoms with Gasteiger partial charge in [0, 0.05) is 0 Å². The van der Waals surface area contributed by atoms with Crippen LogP contribution in [0.3, 0.4) is 0 Å². The summed E-state index contributed by atoms with van der Waals surface area (Å²) in [7, 11) is 1.29. The zero-order valence-electron chi connectivity index (χ0n) is 6.33. The van der Waals surface area contributed by atoms with Gasteiger partial charge in [0.15, 0.2) is 0 Å². The highest BCUT2D eigenvalue weighted by molar-refractivity contribution is 5.67. The van der Waals surface area contributed by atoms with E-state index in [1.54, 1.807) is 0 Å². The zero-order valence-corrected chi connectivity index (χ0v) is 6.33. The maximum atomic E-state index is 10.6. The highest BCUT2D eigenvalue weighted by atomic mass is 16.5. The molecule has 0 bridgehead atoms. The SMILES string of the molecule is COC(=O)NC(C#N)C1CC1. The van der Waals surface area contributed by atoms with E-state index in [2.05, 4.69) is 10.1 Å². The lowest BCUT2D eigenvalue weighted by molar-refractivity contribution is 0.168. The van der Waals surface area contributed by atoms with E-state index in [1.807, 2.05) is 6.07 Å². The van der Waals surface area contributed by atoms with Crippen LogP contribution in [0.15, 0.2) is 0 Å². The molecular weight excluding hydrogens is 144 g/mol. The van der Waals surface area contributed by atoms with Gasteiger partial charge in [0.25, 0.3) is 0 Å². The molecule has 60 valence electrons. The molecule has 11 heavy (non-hydrogen) atoms. The zero-order chi connectivity index (χ0) is 8.27.